The van der Waals surface area contributed by atoms with E-state index in [9.17, 15) is 9.59 Å². The van der Waals surface area contributed by atoms with Gasteiger partial charge in [0.2, 0.25) is 11.8 Å². The Kier molecular flexibility index (Phi) is 4.90. The largest absolute Gasteiger partial charge is 0.479 e. The molecule has 0 saturated carbocycles. The van der Waals surface area contributed by atoms with Gasteiger partial charge in [0, 0.05) is 20.0 Å². The molecule has 1 unspecified atom stereocenters. The van der Waals surface area contributed by atoms with Crippen LogP contribution in [0.4, 0.5) is 0 Å². The quantitative estimate of drug-likeness (QED) is 0.811. The molecule has 2 rings (SSSR count). The van der Waals surface area contributed by atoms with Crippen molar-refractivity contribution in [2.75, 3.05) is 13.7 Å². The van der Waals surface area contributed by atoms with Gasteiger partial charge in [0.05, 0.1) is 6.04 Å². The fourth-order valence-electron chi connectivity index (χ4n) is 2.21. The van der Waals surface area contributed by atoms with Gasteiger partial charge in [-0.05, 0) is 24.1 Å². The number of rotatable bonds is 5. The van der Waals surface area contributed by atoms with Gasteiger partial charge in [-0.1, -0.05) is 12.1 Å². The van der Waals surface area contributed by atoms with Crippen LogP contribution < -0.4 is 10.1 Å². The van der Waals surface area contributed by atoms with E-state index in [1.54, 1.807) is 6.07 Å². The second kappa shape index (κ2) is 6.86. The van der Waals surface area contributed by atoms with Gasteiger partial charge in [-0.25, -0.2) is 0 Å². The Morgan fingerprint density at radius 3 is 3.05 bits per heavy atom. The van der Waals surface area contributed by atoms with Gasteiger partial charge in [-0.3, -0.25) is 14.5 Å². The van der Waals surface area contributed by atoms with Gasteiger partial charge < -0.3 is 10.1 Å². The number of nitrogens with zero attached hydrogens (tertiary/aromatic N) is 2. The van der Waals surface area contributed by atoms with E-state index in [0.29, 0.717) is 25.1 Å². The highest BCUT2D eigenvalue weighted by Gasteiger charge is 2.31. The fourth-order valence-corrected chi connectivity index (χ4v) is 2.21. The Morgan fingerprint density at radius 1 is 1.48 bits per heavy atom. The lowest BCUT2D eigenvalue weighted by Crippen LogP contribution is -2.51. The van der Waals surface area contributed by atoms with E-state index in [4.69, 9.17) is 10.00 Å². The zero-order chi connectivity index (χ0) is 15.2. The van der Waals surface area contributed by atoms with Crippen LogP contribution in [-0.2, 0) is 16.1 Å². The average Bonchev–Trinajstić information content (AvgIpc) is 2.50. The maximum atomic E-state index is 11.9. The van der Waals surface area contributed by atoms with Crippen LogP contribution in [0.15, 0.2) is 24.3 Å². The zero-order valence-corrected chi connectivity index (χ0v) is 11.8. The number of hydrogen-bond donors (Lipinski definition) is 1. The number of nitrogens with one attached hydrogen (secondary N) is 1. The molecule has 1 N–H and O–H groups in total. The first-order chi connectivity index (χ1) is 10.1. The van der Waals surface area contributed by atoms with Gasteiger partial charge in [0.1, 0.15) is 11.8 Å². The number of nitriles is 1. The summed E-state index contributed by atoms with van der Waals surface area (Å²) in [7, 11) is 1.51. The third-order valence-corrected chi connectivity index (χ3v) is 3.40. The van der Waals surface area contributed by atoms with Gasteiger partial charge in [-0.15, -0.1) is 0 Å². The molecule has 0 bridgehead atoms. The SMILES string of the molecule is CN1C(=O)CCC(NCc2cccc(OCC#N)c2)C1=O. The first-order valence-electron chi connectivity index (χ1n) is 6.74. The molecule has 1 atom stereocenters. The standard InChI is InChI=1S/C15H17N3O3/c1-18-14(19)6-5-13(15(18)20)17-10-11-3-2-4-12(9-11)21-8-7-16/h2-4,9,13,17H,5-6,8,10H2,1H3. The molecule has 1 aromatic rings. The summed E-state index contributed by atoms with van der Waals surface area (Å²) >= 11 is 0. The first-order valence-corrected chi connectivity index (χ1v) is 6.74. The molecule has 1 aliphatic rings. The zero-order valence-electron chi connectivity index (χ0n) is 11.8. The predicted molar refractivity (Wildman–Crippen MR) is 75.2 cm³/mol. The topological polar surface area (TPSA) is 82.4 Å². The molecule has 110 valence electrons. The molecule has 6 heteroatoms. The molecule has 0 spiro atoms. The van der Waals surface area contributed by atoms with Crippen molar-refractivity contribution < 1.29 is 14.3 Å². The van der Waals surface area contributed by atoms with Crippen LogP contribution in [0.1, 0.15) is 18.4 Å². The van der Waals surface area contributed by atoms with Crippen molar-refractivity contribution in [2.24, 2.45) is 0 Å². The number of amides is 2. The number of likely N-dealkylation sites (N-methyl/N-ethyl adjacent to an activating group) is 1. The summed E-state index contributed by atoms with van der Waals surface area (Å²) in [6.07, 6.45) is 0.901. The van der Waals surface area contributed by atoms with Crippen molar-refractivity contribution in [3.8, 4) is 11.8 Å². The van der Waals surface area contributed by atoms with Crippen LogP contribution in [-0.4, -0.2) is 36.4 Å². The van der Waals surface area contributed by atoms with E-state index < -0.39 is 0 Å². The van der Waals surface area contributed by atoms with E-state index >= 15 is 0 Å². The molecule has 2 amide bonds. The number of ether oxygens (including phenoxy) is 1. The summed E-state index contributed by atoms with van der Waals surface area (Å²) in [5.74, 6) is 0.297. The molecule has 6 nitrogen and oxygen atoms in total. The van der Waals surface area contributed by atoms with Crippen LogP contribution >= 0.6 is 0 Å². The maximum absolute atomic E-state index is 11.9. The second-order valence-corrected chi connectivity index (χ2v) is 4.86. The number of piperidine rings is 1. The Bertz CT molecular complexity index is 580. The summed E-state index contributed by atoms with van der Waals surface area (Å²) in [4.78, 5) is 24.5. The lowest BCUT2D eigenvalue weighted by Gasteiger charge is -2.28. The highest BCUT2D eigenvalue weighted by Crippen LogP contribution is 2.15. The van der Waals surface area contributed by atoms with Crippen LogP contribution in [0.25, 0.3) is 0 Å². The highest BCUT2D eigenvalue weighted by molar-refractivity contribution is 6.00. The third-order valence-electron chi connectivity index (χ3n) is 3.40. The number of benzene rings is 1. The van der Waals surface area contributed by atoms with Crippen LogP contribution in [0.5, 0.6) is 5.75 Å². The molecule has 1 saturated heterocycles. The summed E-state index contributed by atoms with van der Waals surface area (Å²) in [5.41, 5.74) is 0.956. The second-order valence-electron chi connectivity index (χ2n) is 4.86. The summed E-state index contributed by atoms with van der Waals surface area (Å²) < 4.78 is 5.23. The number of carbonyl (C=O) groups excluding carboxylic acids is 2. The lowest BCUT2D eigenvalue weighted by atomic mass is 10.0. The minimum absolute atomic E-state index is 0.00486. The van der Waals surface area contributed by atoms with Gasteiger partial charge in [0.15, 0.2) is 6.61 Å². The normalized spacial score (nSPS) is 18.5. The van der Waals surface area contributed by atoms with Crippen molar-refractivity contribution in [2.45, 2.75) is 25.4 Å². The van der Waals surface area contributed by atoms with Crippen molar-refractivity contribution >= 4 is 11.8 Å². The van der Waals surface area contributed by atoms with Gasteiger partial charge >= 0.3 is 0 Å². The molecule has 1 aliphatic heterocycles. The lowest BCUT2D eigenvalue weighted by molar-refractivity contribution is -0.148. The van der Waals surface area contributed by atoms with E-state index in [1.807, 2.05) is 24.3 Å². The average molecular weight is 287 g/mol. The Morgan fingerprint density at radius 2 is 2.29 bits per heavy atom. The van der Waals surface area contributed by atoms with E-state index in [0.717, 1.165) is 5.56 Å². The van der Waals surface area contributed by atoms with Gasteiger partial charge in [0.25, 0.3) is 0 Å². The molecule has 21 heavy (non-hydrogen) atoms. The molecule has 1 heterocycles. The Balaban J connectivity index is 1.92. The van der Waals surface area contributed by atoms with Crippen molar-refractivity contribution in [1.82, 2.24) is 10.2 Å². The number of imide groups is 1. The Labute approximate surface area is 123 Å². The number of hydrogen-bond acceptors (Lipinski definition) is 5. The molecular weight excluding hydrogens is 270 g/mol. The predicted octanol–water partition coefficient (Wildman–Crippen LogP) is 0.826. The molecule has 1 aromatic carbocycles. The number of likely N-dealkylation sites (tertiary alicyclic amines) is 1. The Hall–Kier alpha value is -2.39. The molecule has 0 radical (unpaired) electrons. The van der Waals surface area contributed by atoms with Crippen LogP contribution in [0.3, 0.4) is 0 Å². The van der Waals surface area contributed by atoms with Crippen molar-refractivity contribution in [3.63, 3.8) is 0 Å². The molecular formula is C15H17N3O3. The maximum Gasteiger partial charge on any atom is 0.246 e. The minimum Gasteiger partial charge on any atom is -0.479 e. The monoisotopic (exact) mass is 287 g/mol. The van der Waals surface area contributed by atoms with Crippen molar-refractivity contribution in [3.05, 3.63) is 29.8 Å². The third kappa shape index (κ3) is 3.80. The molecule has 0 aromatic heterocycles. The molecule has 0 aliphatic carbocycles. The fraction of sp³-hybridized carbons (Fsp3) is 0.400. The minimum atomic E-state index is -0.337. The smallest absolute Gasteiger partial charge is 0.246 e. The van der Waals surface area contributed by atoms with Crippen molar-refractivity contribution in [1.29, 1.82) is 5.26 Å². The number of carbonyl (C=O) groups is 2. The highest BCUT2D eigenvalue weighted by atomic mass is 16.5. The van der Waals surface area contributed by atoms with E-state index in [2.05, 4.69) is 5.32 Å². The van der Waals surface area contributed by atoms with Crippen LogP contribution in [0.2, 0.25) is 0 Å². The first kappa shape index (κ1) is 15.0. The summed E-state index contributed by atoms with van der Waals surface area (Å²) in [5, 5.41) is 11.6. The van der Waals surface area contributed by atoms with E-state index in [1.165, 1.54) is 11.9 Å². The van der Waals surface area contributed by atoms with Gasteiger partial charge in [-0.2, -0.15) is 5.26 Å². The summed E-state index contributed by atoms with van der Waals surface area (Å²) in [6, 6.07) is 8.93. The summed E-state index contributed by atoms with van der Waals surface area (Å²) in [6.45, 7) is 0.507. The van der Waals surface area contributed by atoms with E-state index in [-0.39, 0.29) is 24.5 Å². The molecule has 1 fully saturated rings. The van der Waals surface area contributed by atoms with Crippen LogP contribution in [0, 0.1) is 11.3 Å².